The van der Waals surface area contributed by atoms with Crippen LogP contribution in [0.2, 0.25) is 0 Å². The van der Waals surface area contributed by atoms with Crippen LogP contribution in [-0.4, -0.2) is 22.6 Å². The van der Waals surface area contributed by atoms with E-state index in [1.54, 1.807) is 17.7 Å². The molecule has 5 heteroatoms. The Morgan fingerprint density at radius 2 is 2.29 bits per heavy atom. The summed E-state index contributed by atoms with van der Waals surface area (Å²) in [5.41, 5.74) is -0.0250. The van der Waals surface area contributed by atoms with Crippen LogP contribution in [-0.2, 0) is 0 Å². The van der Waals surface area contributed by atoms with Crippen molar-refractivity contribution in [2.45, 2.75) is 19.4 Å². The number of nitrogens with zero attached hydrogens (tertiary/aromatic N) is 1. The topological polar surface area (TPSA) is 66.9 Å². The van der Waals surface area contributed by atoms with Gasteiger partial charge in [0.25, 0.3) is 5.56 Å². The molecule has 0 aliphatic carbocycles. The Balaban J connectivity index is 2.47. The number of aromatic nitrogens is 2. The highest BCUT2D eigenvalue weighted by Gasteiger charge is 2.17. The highest BCUT2D eigenvalue weighted by atomic mass is 16.2. The molecule has 1 aliphatic heterocycles. The largest absolute Gasteiger partial charge is 0.328 e. The molecule has 0 amide bonds. The Kier molecular flexibility index (Phi) is 2.25. The second-order valence-corrected chi connectivity index (χ2v) is 3.63. The van der Waals surface area contributed by atoms with E-state index in [1.165, 1.54) is 0 Å². The Morgan fingerprint density at radius 3 is 2.93 bits per heavy atom. The summed E-state index contributed by atoms with van der Waals surface area (Å²) in [6.45, 7) is 3.43. The van der Waals surface area contributed by atoms with Crippen LogP contribution < -0.4 is 16.6 Å². The maximum absolute atomic E-state index is 11.5. The number of H-pyrrole nitrogens is 1. The van der Waals surface area contributed by atoms with Crippen molar-refractivity contribution in [2.75, 3.05) is 13.1 Å². The predicted molar refractivity (Wildman–Crippen MR) is 52.6 cm³/mol. The van der Waals surface area contributed by atoms with Crippen LogP contribution in [0.15, 0.2) is 15.8 Å². The molecule has 76 valence electrons. The molecule has 14 heavy (non-hydrogen) atoms. The second-order valence-electron chi connectivity index (χ2n) is 3.63. The number of hydrogen-bond acceptors (Lipinski definition) is 3. The molecule has 2 heterocycles. The van der Waals surface area contributed by atoms with E-state index in [4.69, 9.17) is 0 Å². The van der Waals surface area contributed by atoms with E-state index in [-0.39, 0.29) is 17.3 Å². The van der Waals surface area contributed by atoms with Gasteiger partial charge in [-0.2, -0.15) is 0 Å². The molecular formula is C9H13N3O2. The summed E-state index contributed by atoms with van der Waals surface area (Å²) in [6, 6.07) is 0.179. The average Bonchev–Trinajstić information content (AvgIpc) is 2.64. The fourth-order valence-corrected chi connectivity index (χ4v) is 1.73. The third-order valence-electron chi connectivity index (χ3n) is 2.57. The van der Waals surface area contributed by atoms with Gasteiger partial charge in [-0.15, -0.1) is 0 Å². The summed E-state index contributed by atoms with van der Waals surface area (Å²) in [4.78, 5) is 24.9. The summed E-state index contributed by atoms with van der Waals surface area (Å²) in [7, 11) is 0. The lowest BCUT2D eigenvalue weighted by atomic mass is 10.2. The summed E-state index contributed by atoms with van der Waals surface area (Å²) in [5, 5.41) is 3.18. The molecule has 5 nitrogen and oxygen atoms in total. The summed E-state index contributed by atoms with van der Waals surface area (Å²) in [5.74, 6) is 0. The molecule has 1 aromatic heterocycles. The van der Waals surface area contributed by atoms with Gasteiger partial charge in [0.1, 0.15) is 0 Å². The minimum Gasteiger partial charge on any atom is -0.315 e. The van der Waals surface area contributed by atoms with E-state index in [1.807, 2.05) is 0 Å². The van der Waals surface area contributed by atoms with Crippen molar-refractivity contribution in [3.8, 4) is 0 Å². The van der Waals surface area contributed by atoms with E-state index in [9.17, 15) is 9.59 Å². The van der Waals surface area contributed by atoms with E-state index in [0.29, 0.717) is 5.56 Å². The van der Waals surface area contributed by atoms with Crippen LogP contribution in [0.5, 0.6) is 0 Å². The Labute approximate surface area is 80.8 Å². The molecule has 0 aromatic carbocycles. The van der Waals surface area contributed by atoms with Gasteiger partial charge in [0.05, 0.1) is 6.04 Å². The molecular weight excluding hydrogens is 182 g/mol. The zero-order valence-corrected chi connectivity index (χ0v) is 8.04. The van der Waals surface area contributed by atoms with E-state index in [0.717, 1.165) is 19.5 Å². The number of rotatable bonds is 1. The SMILES string of the molecule is Cc1cn(C2CCNC2)c(=O)[nH]c1=O. The number of aromatic amines is 1. The third kappa shape index (κ3) is 1.50. The summed E-state index contributed by atoms with van der Waals surface area (Å²) < 4.78 is 1.61. The van der Waals surface area contributed by atoms with Gasteiger partial charge in [0.15, 0.2) is 0 Å². The van der Waals surface area contributed by atoms with Crippen LogP contribution in [0.1, 0.15) is 18.0 Å². The molecule has 2 rings (SSSR count). The maximum atomic E-state index is 11.5. The fourth-order valence-electron chi connectivity index (χ4n) is 1.73. The first-order valence-corrected chi connectivity index (χ1v) is 4.71. The number of aryl methyl sites for hydroxylation is 1. The van der Waals surface area contributed by atoms with Crippen molar-refractivity contribution in [1.82, 2.24) is 14.9 Å². The van der Waals surface area contributed by atoms with Crippen LogP contribution in [0.25, 0.3) is 0 Å². The molecule has 0 bridgehead atoms. The molecule has 0 spiro atoms. The fraction of sp³-hybridized carbons (Fsp3) is 0.556. The van der Waals surface area contributed by atoms with Gasteiger partial charge in [-0.1, -0.05) is 0 Å². The Morgan fingerprint density at radius 1 is 1.50 bits per heavy atom. The molecule has 1 unspecified atom stereocenters. The molecule has 0 radical (unpaired) electrons. The van der Waals surface area contributed by atoms with E-state index < -0.39 is 0 Å². The van der Waals surface area contributed by atoms with Crippen LogP contribution >= 0.6 is 0 Å². The van der Waals surface area contributed by atoms with E-state index in [2.05, 4.69) is 10.3 Å². The molecule has 1 fully saturated rings. The Bertz CT molecular complexity index is 440. The quantitative estimate of drug-likeness (QED) is 0.627. The van der Waals surface area contributed by atoms with Crippen molar-refractivity contribution >= 4 is 0 Å². The van der Waals surface area contributed by atoms with Crippen molar-refractivity contribution in [2.24, 2.45) is 0 Å². The van der Waals surface area contributed by atoms with Gasteiger partial charge in [0, 0.05) is 18.3 Å². The smallest absolute Gasteiger partial charge is 0.315 e. The van der Waals surface area contributed by atoms with Crippen molar-refractivity contribution in [3.05, 3.63) is 32.6 Å². The molecule has 1 aromatic rings. The number of hydrogen-bond donors (Lipinski definition) is 2. The van der Waals surface area contributed by atoms with Crippen molar-refractivity contribution < 1.29 is 0 Å². The van der Waals surface area contributed by atoms with Crippen LogP contribution in [0.3, 0.4) is 0 Å². The van der Waals surface area contributed by atoms with Gasteiger partial charge in [-0.05, 0) is 19.9 Å². The molecule has 1 atom stereocenters. The molecule has 1 aliphatic rings. The number of nitrogens with one attached hydrogen (secondary N) is 2. The highest BCUT2D eigenvalue weighted by Crippen LogP contribution is 2.11. The van der Waals surface area contributed by atoms with Gasteiger partial charge in [-0.25, -0.2) is 4.79 Å². The van der Waals surface area contributed by atoms with Crippen molar-refractivity contribution in [3.63, 3.8) is 0 Å². The van der Waals surface area contributed by atoms with Crippen LogP contribution in [0, 0.1) is 6.92 Å². The second kappa shape index (κ2) is 3.42. The standard InChI is InChI=1S/C9H13N3O2/c1-6-5-12(7-2-3-10-4-7)9(14)11-8(6)13/h5,7,10H,2-4H2,1H3,(H,11,13,14). The van der Waals surface area contributed by atoms with Crippen molar-refractivity contribution in [1.29, 1.82) is 0 Å². The van der Waals surface area contributed by atoms with Gasteiger partial charge >= 0.3 is 5.69 Å². The van der Waals surface area contributed by atoms with E-state index >= 15 is 0 Å². The lowest BCUT2D eigenvalue weighted by molar-refractivity contribution is 0.514. The summed E-state index contributed by atoms with van der Waals surface area (Å²) >= 11 is 0. The van der Waals surface area contributed by atoms with Gasteiger partial charge < -0.3 is 5.32 Å². The lowest BCUT2D eigenvalue weighted by Crippen LogP contribution is -2.33. The highest BCUT2D eigenvalue weighted by molar-refractivity contribution is 5.02. The average molecular weight is 195 g/mol. The molecule has 0 saturated carbocycles. The molecule has 1 saturated heterocycles. The third-order valence-corrected chi connectivity index (χ3v) is 2.57. The maximum Gasteiger partial charge on any atom is 0.328 e. The minimum absolute atomic E-state index is 0.179. The van der Waals surface area contributed by atoms with Gasteiger partial charge in [-0.3, -0.25) is 14.3 Å². The Hall–Kier alpha value is -1.36. The first kappa shape index (κ1) is 9.21. The zero-order valence-electron chi connectivity index (χ0n) is 8.04. The summed E-state index contributed by atoms with van der Waals surface area (Å²) in [6.07, 6.45) is 2.57. The van der Waals surface area contributed by atoms with Gasteiger partial charge in [0.2, 0.25) is 0 Å². The van der Waals surface area contributed by atoms with Crippen LogP contribution in [0.4, 0.5) is 0 Å². The molecule has 2 N–H and O–H groups in total. The lowest BCUT2D eigenvalue weighted by Gasteiger charge is -2.11. The normalized spacial score (nSPS) is 21.4. The predicted octanol–water partition coefficient (Wildman–Crippen LogP) is -0.621. The first-order valence-electron chi connectivity index (χ1n) is 4.71. The first-order chi connectivity index (χ1) is 6.68. The zero-order chi connectivity index (χ0) is 10.1. The monoisotopic (exact) mass is 195 g/mol. The minimum atomic E-state index is -0.311.